The molecular weight excluding hydrogens is 320 g/mol. The molecule has 1 nitrogen and oxygen atoms in total. The lowest BCUT2D eigenvalue weighted by Gasteiger charge is -2.08. The molecule has 0 heterocycles. The van der Waals surface area contributed by atoms with Crippen molar-refractivity contribution in [3.05, 3.63) is 58.1 Å². The number of hydrogen-bond acceptors (Lipinski definition) is 2. The molecule has 2 aromatic carbocycles. The van der Waals surface area contributed by atoms with Gasteiger partial charge in [-0.25, -0.2) is 8.78 Å². The molecule has 94 valence electrons. The first-order valence-electron chi connectivity index (χ1n) is 5.18. The van der Waals surface area contributed by atoms with Gasteiger partial charge in [0, 0.05) is 20.8 Å². The minimum Gasteiger partial charge on any atom is -0.398 e. The molecule has 0 bridgehead atoms. The van der Waals surface area contributed by atoms with Crippen molar-refractivity contribution in [1.82, 2.24) is 0 Å². The molecular formula is C13H10BrF2NS. The van der Waals surface area contributed by atoms with Gasteiger partial charge in [0.1, 0.15) is 11.6 Å². The molecule has 0 aliphatic heterocycles. The minimum atomic E-state index is -0.445. The average Bonchev–Trinajstić information content (AvgIpc) is 2.33. The predicted molar refractivity (Wildman–Crippen MR) is 74.5 cm³/mol. The van der Waals surface area contributed by atoms with Crippen LogP contribution >= 0.6 is 27.7 Å². The van der Waals surface area contributed by atoms with Gasteiger partial charge in [0.15, 0.2) is 0 Å². The number of halogens is 3. The maximum absolute atomic E-state index is 13.4. The predicted octanol–water partition coefficient (Wildman–Crippen LogP) is 4.60. The van der Waals surface area contributed by atoms with Gasteiger partial charge in [-0.15, -0.1) is 11.8 Å². The zero-order valence-corrected chi connectivity index (χ0v) is 11.7. The van der Waals surface area contributed by atoms with Crippen LogP contribution in [0, 0.1) is 11.6 Å². The Kier molecular flexibility index (Phi) is 4.24. The van der Waals surface area contributed by atoms with E-state index in [0.717, 1.165) is 22.2 Å². The lowest BCUT2D eigenvalue weighted by Crippen LogP contribution is -1.94. The summed E-state index contributed by atoms with van der Waals surface area (Å²) in [6, 6.07) is 8.90. The van der Waals surface area contributed by atoms with Crippen LogP contribution in [0.15, 0.2) is 45.8 Å². The molecule has 0 radical (unpaired) electrons. The second-order valence-electron chi connectivity index (χ2n) is 3.67. The van der Waals surface area contributed by atoms with Crippen molar-refractivity contribution in [2.24, 2.45) is 0 Å². The Morgan fingerprint density at radius 2 is 1.94 bits per heavy atom. The third-order valence-electron chi connectivity index (χ3n) is 2.42. The molecule has 0 aliphatic rings. The highest BCUT2D eigenvalue weighted by atomic mass is 79.9. The van der Waals surface area contributed by atoms with E-state index in [-0.39, 0.29) is 4.90 Å². The lowest BCUT2D eigenvalue weighted by molar-refractivity contribution is 0.577. The zero-order valence-electron chi connectivity index (χ0n) is 9.29. The summed E-state index contributed by atoms with van der Waals surface area (Å²) in [4.78, 5) is 0.283. The molecule has 0 saturated carbocycles. The largest absolute Gasteiger partial charge is 0.398 e. The molecule has 0 unspecified atom stereocenters. The number of benzene rings is 2. The van der Waals surface area contributed by atoms with Crippen LogP contribution in [0.2, 0.25) is 0 Å². The number of rotatable bonds is 3. The van der Waals surface area contributed by atoms with Gasteiger partial charge in [-0.05, 0) is 35.9 Å². The molecule has 0 fully saturated rings. The van der Waals surface area contributed by atoms with E-state index in [4.69, 9.17) is 5.73 Å². The SMILES string of the molecule is Nc1cccc(Br)c1CSc1cc(F)ccc1F. The highest BCUT2D eigenvalue weighted by Crippen LogP contribution is 2.31. The van der Waals surface area contributed by atoms with Crippen LogP contribution < -0.4 is 5.73 Å². The lowest BCUT2D eigenvalue weighted by atomic mass is 10.2. The van der Waals surface area contributed by atoms with Gasteiger partial charge >= 0.3 is 0 Å². The summed E-state index contributed by atoms with van der Waals surface area (Å²) in [5.74, 6) is -0.390. The second-order valence-corrected chi connectivity index (χ2v) is 5.54. The number of nitrogens with two attached hydrogens (primary N) is 1. The van der Waals surface area contributed by atoms with Crippen molar-refractivity contribution in [3.8, 4) is 0 Å². The van der Waals surface area contributed by atoms with Gasteiger partial charge in [0.25, 0.3) is 0 Å². The molecule has 2 rings (SSSR count). The molecule has 5 heteroatoms. The number of nitrogen functional groups attached to an aromatic ring is 1. The molecule has 18 heavy (non-hydrogen) atoms. The Hall–Kier alpha value is -1.07. The van der Waals surface area contributed by atoms with Gasteiger partial charge in [-0.3, -0.25) is 0 Å². The molecule has 0 saturated heterocycles. The maximum Gasteiger partial charge on any atom is 0.136 e. The van der Waals surface area contributed by atoms with E-state index in [0.29, 0.717) is 11.4 Å². The molecule has 0 aliphatic carbocycles. The highest BCUT2D eigenvalue weighted by Gasteiger charge is 2.08. The van der Waals surface area contributed by atoms with E-state index in [1.165, 1.54) is 17.8 Å². The number of thioether (sulfide) groups is 1. The fourth-order valence-corrected chi connectivity index (χ4v) is 3.20. The minimum absolute atomic E-state index is 0.283. The summed E-state index contributed by atoms with van der Waals surface area (Å²) in [6.07, 6.45) is 0. The Bertz CT molecular complexity index is 555. The van der Waals surface area contributed by atoms with Crippen LogP contribution in [0.5, 0.6) is 0 Å². The fraction of sp³-hybridized carbons (Fsp3) is 0.0769. The first-order chi connectivity index (χ1) is 8.58. The molecule has 0 spiro atoms. The van der Waals surface area contributed by atoms with E-state index in [2.05, 4.69) is 15.9 Å². The van der Waals surface area contributed by atoms with Crippen LogP contribution in [0.4, 0.5) is 14.5 Å². The Balaban J connectivity index is 2.19. The zero-order chi connectivity index (χ0) is 13.1. The summed E-state index contributed by atoms with van der Waals surface area (Å²) in [7, 11) is 0. The van der Waals surface area contributed by atoms with Crippen LogP contribution in [0.3, 0.4) is 0 Å². The quantitative estimate of drug-likeness (QED) is 0.657. The van der Waals surface area contributed by atoms with E-state index < -0.39 is 11.6 Å². The normalized spacial score (nSPS) is 10.6. The molecule has 0 aromatic heterocycles. The monoisotopic (exact) mass is 329 g/mol. The summed E-state index contributed by atoms with van der Waals surface area (Å²) < 4.78 is 27.3. The molecule has 0 amide bonds. The van der Waals surface area contributed by atoms with Crippen molar-refractivity contribution >= 4 is 33.4 Å². The first-order valence-corrected chi connectivity index (χ1v) is 6.96. The van der Waals surface area contributed by atoms with Gasteiger partial charge < -0.3 is 5.73 Å². The third kappa shape index (κ3) is 3.03. The summed E-state index contributed by atoms with van der Waals surface area (Å²) in [5.41, 5.74) is 7.36. The third-order valence-corrected chi connectivity index (χ3v) is 4.22. The standard InChI is InChI=1S/C13H10BrF2NS/c14-10-2-1-3-12(17)9(10)7-18-13-6-8(15)4-5-11(13)16/h1-6H,7,17H2. The van der Waals surface area contributed by atoms with Gasteiger partial charge in [-0.2, -0.15) is 0 Å². The van der Waals surface area contributed by atoms with Crippen LogP contribution in [-0.2, 0) is 5.75 Å². The Morgan fingerprint density at radius 1 is 1.17 bits per heavy atom. The van der Waals surface area contributed by atoms with Crippen molar-refractivity contribution in [2.75, 3.05) is 5.73 Å². The summed E-state index contributed by atoms with van der Waals surface area (Å²) in [5, 5.41) is 0. The Labute approximate surface area is 117 Å². The molecule has 2 aromatic rings. The highest BCUT2D eigenvalue weighted by molar-refractivity contribution is 9.10. The second kappa shape index (κ2) is 5.71. The van der Waals surface area contributed by atoms with E-state index in [9.17, 15) is 8.78 Å². The van der Waals surface area contributed by atoms with Crippen LogP contribution in [-0.4, -0.2) is 0 Å². The van der Waals surface area contributed by atoms with Gasteiger partial charge in [-0.1, -0.05) is 22.0 Å². The Morgan fingerprint density at radius 3 is 2.67 bits per heavy atom. The van der Waals surface area contributed by atoms with Crippen LogP contribution in [0.25, 0.3) is 0 Å². The molecule has 2 N–H and O–H groups in total. The number of hydrogen-bond donors (Lipinski definition) is 1. The summed E-state index contributed by atoms with van der Waals surface area (Å²) in [6.45, 7) is 0. The molecule has 0 atom stereocenters. The van der Waals surface area contributed by atoms with Gasteiger partial charge in [0.2, 0.25) is 0 Å². The van der Waals surface area contributed by atoms with Crippen molar-refractivity contribution in [2.45, 2.75) is 10.6 Å². The van der Waals surface area contributed by atoms with Crippen LogP contribution in [0.1, 0.15) is 5.56 Å². The van der Waals surface area contributed by atoms with E-state index >= 15 is 0 Å². The first kappa shape index (κ1) is 13.4. The fourth-order valence-electron chi connectivity index (χ4n) is 1.47. The van der Waals surface area contributed by atoms with Gasteiger partial charge in [0.05, 0.1) is 0 Å². The average molecular weight is 330 g/mol. The maximum atomic E-state index is 13.4. The topological polar surface area (TPSA) is 26.0 Å². The number of anilines is 1. The van der Waals surface area contributed by atoms with E-state index in [1.54, 1.807) is 6.07 Å². The van der Waals surface area contributed by atoms with Crippen molar-refractivity contribution in [3.63, 3.8) is 0 Å². The van der Waals surface area contributed by atoms with E-state index in [1.807, 2.05) is 12.1 Å². The van der Waals surface area contributed by atoms with Crippen molar-refractivity contribution in [1.29, 1.82) is 0 Å². The smallest absolute Gasteiger partial charge is 0.136 e. The summed E-state index contributed by atoms with van der Waals surface area (Å²) >= 11 is 4.61. The van der Waals surface area contributed by atoms with Crippen molar-refractivity contribution < 1.29 is 8.78 Å².